The zero-order valence-electron chi connectivity index (χ0n) is 11.6. The lowest BCUT2D eigenvalue weighted by molar-refractivity contribution is -0.148. The van der Waals surface area contributed by atoms with Gasteiger partial charge < -0.3 is 4.74 Å². The highest BCUT2D eigenvalue weighted by molar-refractivity contribution is 5.93. The van der Waals surface area contributed by atoms with Gasteiger partial charge in [0.25, 0.3) is 0 Å². The first kappa shape index (κ1) is 13.6. The van der Waals surface area contributed by atoms with Crippen LogP contribution in [0.3, 0.4) is 0 Å². The lowest BCUT2D eigenvalue weighted by Crippen LogP contribution is -2.47. The van der Waals surface area contributed by atoms with Crippen LogP contribution in [0.4, 0.5) is 0 Å². The predicted molar refractivity (Wildman–Crippen MR) is 77.0 cm³/mol. The Hall–Kier alpha value is -1.87. The second-order valence-corrected chi connectivity index (χ2v) is 4.67. The first-order valence-corrected chi connectivity index (χ1v) is 6.45. The second kappa shape index (κ2) is 5.41. The number of benzene rings is 2. The van der Waals surface area contributed by atoms with Crippen LogP contribution in [0, 0.1) is 0 Å². The molecule has 2 rings (SSSR count). The third-order valence-corrected chi connectivity index (χ3v) is 3.45. The first-order valence-electron chi connectivity index (χ1n) is 6.45. The predicted octanol–water partition coefficient (Wildman–Crippen LogP) is 2.84. The highest BCUT2D eigenvalue weighted by Crippen LogP contribution is 2.29. The van der Waals surface area contributed by atoms with Gasteiger partial charge >= 0.3 is 5.97 Å². The Labute approximate surface area is 113 Å². The summed E-state index contributed by atoms with van der Waals surface area (Å²) >= 11 is 0. The fourth-order valence-electron chi connectivity index (χ4n) is 2.50. The number of ether oxygens (including phenoxy) is 1. The smallest absolute Gasteiger partial charge is 0.330 e. The van der Waals surface area contributed by atoms with E-state index in [1.807, 2.05) is 56.3 Å². The Bertz CT molecular complexity index is 589. The summed E-state index contributed by atoms with van der Waals surface area (Å²) in [6, 6.07) is 14.0. The maximum atomic E-state index is 12.2. The van der Waals surface area contributed by atoms with Crippen molar-refractivity contribution in [1.29, 1.82) is 0 Å². The molecule has 0 aliphatic carbocycles. The third-order valence-electron chi connectivity index (χ3n) is 3.45. The normalized spacial score (nSPS) is 14.1. The van der Waals surface area contributed by atoms with Crippen LogP contribution in [-0.2, 0) is 15.1 Å². The average Bonchev–Trinajstić information content (AvgIpc) is 2.45. The number of hydrogen-bond donors (Lipinski definition) is 1. The molecule has 1 unspecified atom stereocenters. The monoisotopic (exact) mass is 257 g/mol. The molecule has 0 saturated heterocycles. The van der Waals surface area contributed by atoms with E-state index in [4.69, 9.17) is 4.74 Å². The van der Waals surface area contributed by atoms with Crippen LogP contribution in [0.25, 0.3) is 10.8 Å². The van der Waals surface area contributed by atoms with Crippen molar-refractivity contribution in [3.8, 4) is 0 Å². The summed E-state index contributed by atoms with van der Waals surface area (Å²) in [6.07, 6.45) is 0. The number of esters is 1. The fourth-order valence-corrected chi connectivity index (χ4v) is 2.50. The zero-order valence-corrected chi connectivity index (χ0v) is 11.6. The van der Waals surface area contributed by atoms with Crippen LogP contribution in [0.5, 0.6) is 0 Å². The van der Waals surface area contributed by atoms with Crippen molar-refractivity contribution in [1.82, 2.24) is 5.32 Å². The lowest BCUT2D eigenvalue weighted by Gasteiger charge is -2.29. The summed E-state index contributed by atoms with van der Waals surface area (Å²) in [5, 5.41) is 5.43. The van der Waals surface area contributed by atoms with Crippen LogP contribution in [0.1, 0.15) is 19.4 Å². The van der Waals surface area contributed by atoms with Crippen molar-refractivity contribution in [2.45, 2.75) is 19.4 Å². The SMILES string of the molecule is CCNC(C)(C(=O)OC)c1cccc2ccccc12. The Morgan fingerprint density at radius 1 is 1.21 bits per heavy atom. The maximum Gasteiger partial charge on any atom is 0.330 e. The van der Waals surface area contributed by atoms with Crippen LogP contribution < -0.4 is 5.32 Å². The Kier molecular flexibility index (Phi) is 3.86. The van der Waals surface area contributed by atoms with Crippen molar-refractivity contribution in [3.05, 3.63) is 48.0 Å². The van der Waals surface area contributed by atoms with Gasteiger partial charge in [0, 0.05) is 0 Å². The van der Waals surface area contributed by atoms with Gasteiger partial charge in [0.15, 0.2) is 0 Å². The molecule has 2 aromatic rings. The minimum atomic E-state index is -0.829. The van der Waals surface area contributed by atoms with Gasteiger partial charge in [-0.2, -0.15) is 0 Å². The van der Waals surface area contributed by atoms with Crippen LogP contribution >= 0.6 is 0 Å². The number of likely N-dealkylation sites (N-methyl/N-ethyl adjacent to an activating group) is 1. The summed E-state index contributed by atoms with van der Waals surface area (Å²) < 4.78 is 4.97. The average molecular weight is 257 g/mol. The molecule has 0 spiro atoms. The topological polar surface area (TPSA) is 38.3 Å². The van der Waals surface area contributed by atoms with E-state index < -0.39 is 5.54 Å². The minimum Gasteiger partial charge on any atom is -0.467 e. The first-order chi connectivity index (χ1) is 9.13. The molecule has 0 fully saturated rings. The fraction of sp³-hybridized carbons (Fsp3) is 0.312. The van der Waals surface area contributed by atoms with Crippen molar-refractivity contribution >= 4 is 16.7 Å². The molecule has 0 saturated carbocycles. The van der Waals surface area contributed by atoms with Gasteiger partial charge in [0.05, 0.1) is 7.11 Å². The van der Waals surface area contributed by atoms with Crippen LogP contribution in [-0.4, -0.2) is 19.6 Å². The number of methoxy groups -OCH3 is 1. The summed E-state index contributed by atoms with van der Waals surface area (Å²) in [5.74, 6) is -0.272. The van der Waals surface area contributed by atoms with Gasteiger partial charge in [-0.3, -0.25) is 5.32 Å². The molecule has 0 aliphatic rings. The van der Waals surface area contributed by atoms with E-state index in [1.165, 1.54) is 7.11 Å². The molecule has 2 aromatic carbocycles. The molecular weight excluding hydrogens is 238 g/mol. The number of rotatable bonds is 4. The second-order valence-electron chi connectivity index (χ2n) is 4.67. The maximum absolute atomic E-state index is 12.2. The molecule has 19 heavy (non-hydrogen) atoms. The molecule has 100 valence electrons. The standard InChI is InChI=1S/C16H19NO2/c1-4-17-16(2,15(18)19-3)14-11-7-9-12-8-5-6-10-13(12)14/h5-11,17H,4H2,1-3H3. The number of fused-ring (bicyclic) bond motifs is 1. The summed E-state index contributed by atoms with van der Waals surface area (Å²) in [6.45, 7) is 4.53. The molecule has 0 heterocycles. The number of carbonyl (C=O) groups is 1. The molecule has 1 atom stereocenters. The number of hydrogen-bond acceptors (Lipinski definition) is 3. The largest absolute Gasteiger partial charge is 0.467 e. The molecule has 0 amide bonds. The molecule has 0 aliphatic heterocycles. The van der Waals surface area contributed by atoms with Crippen molar-refractivity contribution in [3.63, 3.8) is 0 Å². The van der Waals surface area contributed by atoms with E-state index in [9.17, 15) is 4.79 Å². The Morgan fingerprint density at radius 3 is 2.58 bits per heavy atom. The summed E-state index contributed by atoms with van der Waals surface area (Å²) in [5.41, 5.74) is 0.115. The molecule has 0 aromatic heterocycles. The third kappa shape index (κ3) is 2.34. The van der Waals surface area contributed by atoms with E-state index in [0.717, 1.165) is 16.3 Å². The highest BCUT2D eigenvalue weighted by atomic mass is 16.5. The van der Waals surface area contributed by atoms with Gasteiger partial charge in [-0.25, -0.2) is 4.79 Å². The molecule has 3 heteroatoms. The van der Waals surface area contributed by atoms with Gasteiger partial charge in [0.2, 0.25) is 0 Å². The van der Waals surface area contributed by atoms with Crippen molar-refractivity contribution in [2.24, 2.45) is 0 Å². The molecule has 1 N–H and O–H groups in total. The summed E-state index contributed by atoms with van der Waals surface area (Å²) in [7, 11) is 1.42. The van der Waals surface area contributed by atoms with Gasteiger partial charge in [-0.15, -0.1) is 0 Å². The van der Waals surface area contributed by atoms with E-state index in [-0.39, 0.29) is 5.97 Å². The van der Waals surface area contributed by atoms with Gasteiger partial charge in [-0.05, 0) is 29.8 Å². The molecule has 0 bridgehead atoms. The van der Waals surface area contributed by atoms with E-state index in [1.54, 1.807) is 0 Å². The lowest BCUT2D eigenvalue weighted by atomic mass is 9.87. The van der Waals surface area contributed by atoms with Crippen LogP contribution in [0.15, 0.2) is 42.5 Å². The zero-order chi connectivity index (χ0) is 13.9. The highest BCUT2D eigenvalue weighted by Gasteiger charge is 2.36. The number of carbonyl (C=O) groups excluding carboxylic acids is 1. The minimum absolute atomic E-state index is 0.272. The Balaban J connectivity index is 2.66. The quantitative estimate of drug-likeness (QED) is 0.856. The number of nitrogens with one attached hydrogen (secondary N) is 1. The molecular formula is C16H19NO2. The van der Waals surface area contributed by atoms with Crippen LogP contribution in [0.2, 0.25) is 0 Å². The van der Waals surface area contributed by atoms with E-state index in [2.05, 4.69) is 5.32 Å². The van der Waals surface area contributed by atoms with Gasteiger partial charge in [0.1, 0.15) is 5.54 Å². The Morgan fingerprint density at radius 2 is 1.89 bits per heavy atom. The van der Waals surface area contributed by atoms with Gasteiger partial charge in [-0.1, -0.05) is 49.4 Å². The van der Waals surface area contributed by atoms with E-state index in [0.29, 0.717) is 6.54 Å². The van der Waals surface area contributed by atoms with Crippen molar-refractivity contribution in [2.75, 3.05) is 13.7 Å². The van der Waals surface area contributed by atoms with Crippen molar-refractivity contribution < 1.29 is 9.53 Å². The molecule has 3 nitrogen and oxygen atoms in total. The van der Waals surface area contributed by atoms with E-state index >= 15 is 0 Å². The molecule has 0 radical (unpaired) electrons. The summed E-state index contributed by atoms with van der Waals surface area (Å²) in [4.78, 5) is 12.2.